The van der Waals surface area contributed by atoms with Gasteiger partial charge in [0.15, 0.2) is 0 Å². The number of hydrogen-bond acceptors (Lipinski definition) is 7. The molecule has 2 N–H and O–H groups in total. The number of nitrogens with one attached hydrogen (secondary N) is 2. The summed E-state index contributed by atoms with van der Waals surface area (Å²) in [4.78, 5) is 39.7. The summed E-state index contributed by atoms with van der Waals surface area (Å²) in [5.41, 5.74) is 7.88. The Hall–Kier alpha value is -4.60. The van der Waals surface area contributed by atoms with Crippen LogP contribution >= 0.6 is 23.4 Å². The van der Waals surface area contributed by atoms with Gasteiger partial charge in [0.25, 0.3) is 0 Å². The lowest BCUT2D eigenvalue weighted by Crippen LogP contribution is -2.31. The zero-order valence-corrected chi connectivity index (χ0v) is 24.9. The molecule has 8 nitrogen and oxygen atoms in total. The van der Waals surface area contributed by atoms with Crippen LogP contribution in [0.25, 0.3) is 0 Å². The van der Waals surface area contributed by atoms with Crippen molar-refractivity contribution in [1.82, 2.24) is 5.43 Å². The van der Waals surface area contributed by atoms with Gasteiger partial charge in [-0.05, 0) is 60.0 Å². The first-order valence-electron chi connectivity index (χ1n) is 13.6. The van der Waals surface area contributed by atoms with E-state index in [0.29, 0.717) is 28.5 Å². The fraction of sp³-hybridized carbons (Fsp3) is 0.152. The Bertz CT molecular complexity index is 1650. The molecule has 4 aromatic carbocycles. The normalized spacial score (nSPS) is 13.7. The number of para-hydroxylation sites is 1. The highest BCUT2D eigenvalue weighted by Crippen LogP contribution is 2.37. The number of fused-ring (bicyclic) bond motifs is 1. The van der Waals surface area contributed by atoms with Crippen molar-refractivity contribution in [2.24, 2.45) is 5.10 Å². The van der Waals surface area contributed by atoms with E-state index in [1.165, 1.54) is 7.11 Å². The van der Waals surface area contributed by atoms with Gasteiger partial charge >= 0.3 is 12.0 Å². The number of urea groups is 1. The summed E-state index contributed by atoms with van der Waals surface area (Å²) in [5, 5.41) is 7.58. The molecule has 2 amide bonds. The second-order valence-corrected chi connectivity index (χ2v) is 11.3. The Morgan fingerprint density at radius 2 is 1.77 bits per heavy atom. The lowest BCUT2D eigenvalue weighted by Gasteiger charge is -2.26. The highest BCUT2D eigenvalue weighted by molar-refractivity contribution is 7.99. The zero-order chi connectivity index (χ0) is 30.2. The highest BCUT2D eigenvalue weighted by atomic mass is 35.5. The number of hydrazone groups is 1. The molecule has 1 aliphatic rings. The number of thioether (sulfide) groups is 1. The predicted octanol–water partition coefficient (Wildman–Crippen LogP) is 6.75. The van der Waals surface area contributed by atoms with Crippen LogP contribution in [0.3, 0.4) is 0 Å². The Balaban J connectivity index is 1.34. The van der Waals surface area contributed by atoms with Gasteiger partial charge in [0, 0.05) is 21.9 Å². The van der Waals surface area contributed by atoms with Gasteiger partial charge in [-0.3, -0.25) is 0 Å². The molecule has 218 valence electrons. The minimum atomic E-state index is -0.528. The highest BCUT2D eigenvalue weighted by Gasteiger charge is 2.31. The molecule has 10 heteroatoms. The number of esters is 1. The SMILES string of the molecule is COC(=O)c1ccc(CCSc2ccc3c(c2)C(=NNC(=O)Nc2ccccc2Cl)CN3C(C=O)c2ccccc2)cc1. The minimum absolute atomic E-state index is 0.334. The lowest BCUT2D eigenvalue weighted by atomic mass is 10.1. The first kappa shape index (κ1) is 29.9. The lowest BCUT2D eigenvalue weighted by molar-refractivity contribution is -0.109. The van der Waals surface area contributed by atoms with Crippen LogP contribution in [-0.4, -0.2) is 43.4 Å². The number of hydrogen-bond donors (Lipinski definition) is 2. The molecule has 1 aliphatic heterocycles. The van der Waals surface area contributed by atoms with Crippen molar-refractivity contribution in [1.29, 1.82) is 0 Å². The number of ether oxygens (including phenoxy) is 1. The number of nitrogens with zero attached hydrogens (tertiary/aromatic N) is 2. The van der Waals surface area contributed by atoms with Gasteiger partial charge in [-0.1, -0.05) is 66.2 Å². The Kier molecular flexibility index (Phi) is 9.76. The van der Waals surface area contributed by atoms with Crippen LogP contribution in [-0.2, 0) is 16.0 Å². The van der Waals surface area contributed by atoms with E-state index in [0.717, 1.165) is 45.7 Å². The number of aryl methyl sites for hydroxylation is 1. The van der Waals surface area contributed by atoms with Crippen LogP contribution in [0.1, 0.15) is 33.1 Å². The van der Waals surface area contributed by atoms with Crippen LogP contribution in [0, 0.1) is 0 Å². The maximum absolute atomic E-state index is 12.7. The van der Waals surface area contributed by atoms with Crippen LogP contribution in [0.15, 0.2) is 107 Å². The molecule has 0 saturated heterocycles. The van der Waals surface area contributed by atoms with E-state index >= 15 is 0 Å². The van der Waals surface area contributed by atoms with E-state index in [1.807, 2.05) is 65.6 Å². The van der Waals surface area contributed by atoms with Crippen LogP contribution < -0.4 is 15.6 Å². The van der Waals surface area contributed by atoms with Crippen molar-refractivity contribution in [2.45, 2.75) is 17.4 Å². The van der Waals surface area contributed by atoms with E-state index in [4.69, 9.17) is 16.3 Å². The Labute approximate surface area is 259 Å². The smallest absolute Gasteiger partial charge is 0.339 e. The number of rotatable bonds is 10. The molecule has 1 unspecified atom stereocenters. The van der Waals surface area contributed by atoms with Crippen LogP contribution in [0.5, 0.6) is 0 Å². The molecular weight excluding hydrogens is 584 g/mol. The second-order valence-electron chi connectivity index (χ2n) is 9.69. The second kappa shape index (κ2) is 14.0. The fourth-order valence-corrected chi connectivity index (χ4v) is 5.91. The molecule has 0 saturated carbocycles. The third-order valence-electron chi connectivity index (χ3n) is 6.96. The Morgan fingerprint density at radius 3 is 2.49 bits per heavy atom. The third-order valence-corrected chi connectivity index (χ3v) is 8.29. The molecule has 0 aliphatic carbocycles. The molecule has 0 aromatic heterocycles. The van der Waals surface area contributed by atoms with E-state index < -0.39 is 12.1 Å². The van der Waals surface area contributed by atoms with Crippen molar-refractivity contribution < 1.29 is 19.1 Å². The topological polar surface area (TPSA) is 100 Å². The molecule has 0 fully saturated rings. The average Bonchev–Trinajstić information content (AvgIpc) is 3.39. The van der Waals surface area contributed by atoms with Crippen molar-refractivity contribution in [3.8, 4) is 0 Å². The summed E-state index contributed by atoms with van der Waals surface area (Å²) in [5.74, 6) is 0.456. The summed E-state index contributed by atoms with van der Waals surface area (Å²) in [6.45, 7) is 0.334. The number of anilines is 2. The van der Waals surface area contributed by atoms with E-state index in [2.05, 4.69) is 15.8 Å². The van der Waals surface area contributed by atoms with Crippen molar-refractivity contribution >= 4 is 58.7 Å². The van der Waals surface area contributed by atoms with Crippen LogP contribution in [0.4, 0.5) is 16.2 Å². The largest absolute Gasteiger partial charge is 0.465 e. The van der Waals surface area contributed by atoms with Gasteiger partial charge in [0.05, 0.1) is 35.6 Å². The molecule has 43 heavy (non-hydrogen) atoms. The summed E-state index contributed by atoms with van der Waals surface area (Å²) >= 11 is 7.86. The van der Waals surface area contributed by atoms with Crippen molar-refractivity contribution in [2.75, 3.05) is 29.6 Å². The molecule has 5 rings (SSSR count). The van der Waals surface area contributed by atoms with Crippen molar-refractivity contribution in [3.05, 3.63) is 124 Å². The van der Waals surface area contributed by atoms with Gasteiger partial charge < -0.3 is 19.7 Å². The molecule has 4 aromatic rings. The number of methoxy groups -OCH3 is 1. The predicted molar refractivity (Wildman–Crippen MR) is 171 cm³/mol. The minimum Gasteiger partial charge on any atom is -0.465 e. The number of halogens is 1. The molecule has 1 heterocycles. The summed E-state index contributed by atoms with van der Waals surface area (Å²) in [6, 6.07) is 28.9. The van der Waals surface area contributed by atoms with Gasteiger partial charge in [-0.25, -0.2) is 15.0 Å². The average molecular weight is 613 g/mol. The van der Waals surface area contributed by atoms with E-state index in [-0.39, 0.29) is 5.97 Å². The quantitative estimate of drug-likeness (QED) is 0.0890. The first-order chi connectivity index (χ1) is 21.0. The van der Waals surface area contributed by atoms with E-state index in [9.17, 15) is 14.4 Å². The summed E-state index contributed by atoms with van der Waals surface area (Å²) < 4.78 is 4.77. The van der Waals surface area contributed by atoms with Gasteiger partial charge in [-0.2, -0.15) is 5.10 Å². The fourth-order valence-electron chi connectivity index (χ4n) is 4.79. The van der Waals surface area contributed by atoms with Gasteiger partial charge in [0.1, 0.15) is 12.3 Å². The molecule has 0 bridgehead atoms. The standard InChI is InChI=1S/C33H29ClN4O4S/c1-42-32(40)24-13-11-22(12-14-24)17-18-43-25-15-16-30-26(19-25)29(20-38(30)31(21-39)23-7-3-2-4-8-23)36-37-33(41)35-28-10-6-5-9-27(28)34/h2-16,19,21,31H,17-18,20H2,1H3,(H2,35,37,41). The van der Waals surface area contributed by atoms with Gasteiger partial charge in [-0.15, -0.1) is 11.8 Å². The summed E-state index contributed by atoms with van der Waals surface area (Å²) in [6.07, 6.45) is 1.73. The Morgan fingerprint density at radius 1 is 1.02 bits per heavy atom. The molecular formula is C33H29ClN4O4S. The summed E-state index contributed by atoms with van der Waals surface area (Å²) in [7, 11) is 1.37. The molecule has 0 spiro atoms. The zero-order valence-electron chi connectivity index (χ0n) is 23.3. The number of aldehydes is 1. The monoisotopic (exact) mass is 612 g/mol. The van der Waals surface area contributed by atoms with Crippen LogP contribution in [0.2, 0.25) is 5.02 Å². The first-order valence-corrected chi connectivity index (χ1v) is 14.9. The third kappa shape index (κ3) is 7.25. The van der Waals surface area contributed by atoms with E-state index in [1.54, 1.807) is 48.2 Å². The van der Waals surface area contributed by atoms with Gasteiger partial charge in [0.2, 0.25) is 0 Å². The maximum atomic E-state index is 12.7. The number of amides is 2. The number of carbonyl (C=O) groups excluding carboxylic acids is 3. The van der Waals surface area contributed by atoms with Crippen molar-refractivity contribution in [3.63, 3.8) is 0 Å². The number of carbonyl (C=O) groups is 3. The molecule has 1 atom stereocenters. The maximum Gasteiger partial charge on any atom is 0.339 e. The number of benzene rings is 4. The molecule has 0 radical (unpaired) electrons.